The third-order valence-electron chi connectivity index (χ3n) is 1.97. The number of rotatable bonds is 4. The Labute approximate surface area is 98.3 Å². The average Bonchev–Trinajstić information content (AvgIpc) is 2.19. The second kappa shape index (κ2) is 5.54. The van der Waals surface area contributed by atoms with Gasteiger partial charge in [-0.2, -0.15) is 0 Å². The summed E-state index contributed by atoms with van der Waals surface area (Å²) in [7, 11) is 0. The molecule has 76 valence electrons. The average molecular weight is 275 g/mol. The first kappa shape index (κ1) is 11.8. The lowest BCUT2D eigenvalue weighted by Crippen LogP contribution is -2.22. The highest BCUT2D eigenvalue weighted by atomic mass is 79.9. The molecule has 1 N–H and O–H groups in total. The van der Waals surface area contributed by atoms with Crippen molar-refractivity contribution >= 4 is 27.5 Å². The zero-order valence-electron chi connectivity index (χ0n) is 8.06. The quantitative estimate of drug-likeness (QED) is 0.824. The molecule has 0 aliphatic carbocycles. The minimum absolute atomic E-state index is 0.317. The van der Waals surface area contributed by atoms with E-state index >= 15 is 0 Å². The van der Waals surface area contributed by atoms with Crippen LogP contribution in [0.4, 0.5) is 0 Å². The van der Waals surface area contributed by atoms with Crippen LogP contribution in [0.5, 0.6) is 0 Å². The van der Waals surface area contributed by atoms with Gasteiger partial charge in [0.05, 0.1) is 5.02 Å². The summed E-state index contributed by atoms with van der Waals surface area (Å²) in [5, 5.41) is 4.05. The summed E-state index contributed by atoms with van der Waals surface area (Å²) in [4.78, 5) is 0. The summed E-state index contributed by atoms with van der Waals surface area (Å²) < 4.78 is 0.930. The summed E-state index contributed by atoms with van der Waals surface area (Å²) in [6.45, 7) is 6.58. The maximum absolute atomic E-state index is 5.97. The van der Waals surface area contributed by atoms with Crippen LogP contribution in [0.25, 0.3) is 0 Å². The number of halogens is 2. The summed E-state index contributed by atoms with van der Waals surface area (Å²) in [5.41, 5.74) is 1.17. The molecule has 1 aromatic carbocycles. The zero-order valence-corrected chi connectivity index (χ0v) is 10.4. The van der Waals surface area contributed by atoms with Crippen LogP contribution in [0.2, 0.25) is 5.02 Å². The van der Waals surface area contributed by atoms with E-state index in [1.54, 1.807) is 0 Å². The molecule has 1 nitrogen and oxygen atoms in total. The van der Waals surface area contributed by atoms with Crippen LogP contribution in [0.3, 0.4) is 0 Å². The van der Waals surface area contributed by atoms with Crippen molar-refractivity contribution in [3.63, 3.8) is 0 Å². The van der Waals surface area contributed by atoms with Crippen molar-refractivity contribution < 1.29 is 0 Å². The summed E-state index contributed by atoms with van der Waals surface area (Å²) in [5.74, 6) is 0. The molecule has 0 heterocycles. The van der Waals surface area contributed by atoms with Gasteiger partial charge in [0.25, 0.3) is 0 Å². The Kier molecular flexibility index (Phi) is 4.66. The molecule has 0 radical (unpaired) electrons. The number of benzene rings is 1. The van der Waals surface area contributed by atoms with Crippen molar-refractivity contribution in [2.75, 3.05) is 0 Å². The molecular formula is C11H13BrClN. The molecule has 3 heteroatoms. The van der Waals surface area contributed by atoms with Crippen LogP contribution in [-0.4, -0.2) is 6.04 Å². The fourth-order valence-corrected chi connectivity index (χ4v) is 1.46. The van der Waals surface area contributed by atoms with Crippen LogP contribution in [-0.2, 0) is 6.54 Å². The zero-order chi connectivity index (χ0) is 10.6. The van der Waals surface area contributed by atoms with Gasteiger partial charge in [0.1, 0.15) is 0 Å². The SMILES string of the molecule is C=CC(C)NCc1ccc(Br)c(Cl)c1. The highest BCUT2D eigenvalue weighted by Crippen LogP contribution is 2.23. The van der Waals surface area contributed by atoms with Gasteiger partial charge in [0.15, 0.2) is 0 Å². The van der Waals surface area contributed by atoms with Gasteiger partial charge in [-0.25, -0.2) is 0 Å². The van der Waals surface area contributed by atoms with Crippen LogP contribution in [0, 0.1) is 0 Å². The molecule has 0 saturated carbocycles. The smallest absolute Gasteiger partial charge is 0.0551 e. The molecule has 0 aliphatic heterocycles. The first-order valence-electron chi connectivity index (χ1n) is 4.43. The maximum atomic E-state index is 5.97. The Bertz CT molecular complexity index is 325. The van der Waals surface area contributed by atoms with Crippen molar-refractivity contribution in [2.45, 2.75) is 19.5 Å². The fourth-order valence-electron chi connectivity index (χ4n) is 1.01. The molecule has 0 saturated heterocycles. The first-order chi connectivity index (χ1) is 6.63. The van der Waals surface area contributed by atoms with Gasteiger partial charge in [-0.05, 0) is 40.5 Å². The van der Waals surface area contributed by atoms with E-state index in [1.807, 2.05) is 24.3 Å². The highest BCUT2D eigenvalue weighted by Gasteiger charge is 2.00. The molecule has 14 heavy (non-hydrogen) atoms. The predicted molar refractivity (Wildman–Crippen MR) is 65.7 cm³/mol. The van der Waals surface area contributed by atoms with E-state index in [9.17, 15) is 0 Å². The van der Waals surface area contributed by atoms with Crippen molar-refractivity contribution in [1.29, 1.82) is 0 Å². The van der Waals surface area contributed by atoms with E-state index in [-0.39, 0.29) is 0 Å². The summed E-state index contributed by atoms with van der Waals surface area (Å²) >= 11 is 9.32. The molecule has 1 atom stereocenters. The molecule has 0 fully saturated rings. The van der Waals surface area contributed by atoms with E-state index in [2.05, 4.69) is 34.7 Å². The van der Waals surface area contributed by atoms with Crippen molar-refractivity contribution in [2.24, 2.45) is 0 Å². The molecule has 0 aliphatic rings. The van der Waals surface area contributed by atoms with Gasteiger partial charge in [0.2, 0.25) is 0 Å². The topological polar surface area (TPSA) is 12.0 Å². The van der Waals surface area contributed by atoms with E-state index in [0.717, 1.165) is 16.0 Å². The number of hydrogen-bond acceptors (Lipinski definition) is 1. The molecule has 0 aromatic heterocycles. The van der Waals surface area contributed by atoms with Gasteiger partial charge >= 0.3 is 0 Å². The second-order valence-electron chi connectivity index (χ2n) is 3.15. The van der Waals surface area contributed by atoms with Crippen LogP contribution in [0.1, 0.15) is 12.5 Å². The molecule has 0 bridgehead atoms. The largest absolute Gasteiger partial charge is 0.307 e. The van der Waals surface area contributed by atoms with Crippen LogP contribution >= 0.6 is 27.5 Å². The lowest BCUT2D eigenvalue weighted by atomic mass is 10.2. The first-order valence-corrected chi connectivity index (χ1v) is 5.60. The molecular weight excluding hydrogens is 261 g/mol. The van der Waals surface area contributed by atoms with E-state index in [0.29, 0.717) is 6.04 Å². The van der Waals surface area contributed by atoms with E-state index < -0.39 is 0 Å². The Morgan fingerprint density at radius 3 is 2.93 bits per heavy atom. The van der Waals surface area contributed by atoms with Gasteiger partial charge in [-0.3, -0.25) is 0 Å². The molecule has 1 aromatic rings. The van der Waals surface area contributed by atoms with Crippen LogP contribution in [0.15, 0.2) is 35.3 Å². The summed E-state index contributed by atoms with van der Waals surface area (Å²) in [6, 6.07) is 6.27. The molecule has 0 spiro atoms. The van der Waals surface area contributed by atoms with E-state index in [1.165, 1.54) is 5.56 Å². The minimum atomic E-state index is 0.317. The second-order valence-corrected chi connectivity index (χ2v) is 4.42. The molecule has 1 unspecified atom stereocenters. The predicted octanol–water partition coefficient (Wildman–Crippen LogP) is 3.77. The van der Waals surface area contributed by atoms with Gasteiger partial charge in [0, 0.05) is 17.1 Å². The lowest BCUT2D eigenvalue weighted by Gasteiger charge is -2.09. The third kappa shape index (κ3) is 3.45. The Morgan fingerprint density at radius 2 is 2.36 bits per heavy atom. The lowest BCUT2D eigenvalue weighted by molar-refractivity contribution is 0.634. The number of hydrogen-bond donors (Lipinski definition) is 1. The Morgan fingerprint density at radius 1 is 1.64 bits per heavy atom. The normalized spacial score (nSPS) is 12.5. The standard InChI is InChI=1S/C11H13BrClN/c1-3-8(2)14-7-9-4-5-10(12)11(13)6-9/h3-6,8,14H,1,7H2,2H3. The number of nitrogens with one attached hydrogen (secondary N) is 1. The summed E-state index contributed by atoms with van der Waals surface area (Å²) in [6.07, 6.45) is 1.88. The van der Waals surface area contributed by atoms with Crippen molar-refractivity contribution in [3.05, 3.63) is 45.9 Å². The highest BCUT2D eigenvalue weighted by molar-refractivity contribution is 9.10. The minimum Gasteiger partial charge on any atom is -0.307 e. The third-order valence-corrected chi connectivity index (χ3v) is 3.20. The van der Waals surface area contributed by atoms with Crippen molar-refractivity contribution in [1.82, 2.24) is 5.32 Å². The molecule has 0 amide bonds. The van der Waals surface area contributed by atoms with Crippen molar-refractivity contribution in [3.8, 4) is 0 Å². The molecule has 1 rings (SSSR count). The van der Waals surface area contributed by atoms with Crippen LogP contribution < -0.4 is 5.32 Å². The van der Waals surface area contributed by atoms with Gasteiger partial charge < -0.3 is 5.32 Å². The van der Waals surface area contributed by atoms with Gasteiger partial charge in [-0.1, -0.05) is 23.7 Å². The Balaban J connectivity index is 2.59. The van der Waals surface area contributed by atoms with E-state index in [4.69, 9.17) is 11.6 Å². The monoisotopic (exact) mass is 273 g/mol. The fraction of sp³-hybridized carbons (Fsp3) is 0.273. The maximum Gasteiger partial charge on any atom is 0.0551 e. The Hall–Kier alpha value is -0.310. The van der Waals surface area contributed by atoms with Gasteiger partial charge in [-0.15, -0.1) is 6.58 Å².